The van der Waals surface area contributed by atoms with Crippen LogP contribution in [0.5, 0.6) is 0 Å². The molecule has 1 amide bonds. The van der Waals surface area contributed by atoms with Crippen LogP contribution in [0, 0.1) is 0 Å². The number of hydrogen-bond acceptors (Lipinski definition) is 4. The van der Waals surface area contributed by atoms with Gasteiger partial charge >= 0.3 is 0 Å². The Morgan fingerprint density at radius 1 is 1.45 bits per heavy atom. The van der Waals surface area contributed by atoms with E-state index in [-0.39, 0.29) is 11.9 Å². The van der Waals surface area contributed by atoms with Gasteiger partial charge in [-0.05, 0) is 19.1 Å². The standard InChI is InChI=1S/C13H16BrN5O/c1-8(15)6-12(20)16-7-11-17-13(19-18-11)9-2-4-10(14)5-3-9/h2-5,8H,6-7,15H2,1H3,(H,16,20)(H,17,18,19). The third-order valence-corrected chi connectivity index (χ3v) is 3.12. The van der Waals surface area contributed by atoms with Crippen LogP contribution in [0.3, 0.4) is 0 Å². The molecule has 106 valence electrons. The van der Waals surface area contributed by atoms with Crippen molar-refractivity contribution in [2.24, 2.45) is 5.73 Å². The van der Waals surface area contributed by atoms with E-state index < -0.39 is 0 Å². The van der Waals surface area contributed by atoms with Crippen LogP contribution in [0.1, 0.15) is 19.2 Å². The molecule has 1 aromatic heterocycles. The van der Waals surface area contributed by atoms with E-state index in [9.17, 15) is 4.79 Å². The Morgan fingerprint density at radius 3 is 2.80 bits per heavy atom. The molecular weight excluding hydrogens is 322 g/mol. The maximum atomic E-state index is 11.5. The minimum atomic E-state index is -0.150. The zero-order valence-corrected chi connectivity index (χ0v) is 12.6. The summed E-state index contributed by atoms with van der Waals surface area (Å²) in [5, 5.41) is 9.68. The van der Waals surface area contributed by atoms with Crippen molar-refractivity contribution >= 4 is 21.8 Å². The van der Waals surface area contributed by atoms with E-state index in [4.69, 9.17) is 5.73 Å². The largest absolute Gasteiger partial charge is 0.349 e. The third-order valence-electron chi connectivity index (χ3n) is 2.59. The summed E-state index contributed by atoms with van der Waals surface area (Å²) in [6, 6.07) is 7.55. The summed E-state index contributed by atoms with van der Waals surface area (Å²) in [6.45, 7) is 2.11. The Balaban J connectivity index is 1.95. The zero-order valence-electron chi connectivity index (χ0n) is 11.1. The second kappa shape index (κ2) is 6.62. The number of H-pyrrole nitrogens is 1. The minimum Gasteiger partial charge on any atom is -0.349 e. The Kier molecular flexibility index (Phi) is 4.86. The number of nitrogens with one attached hydrogen (secondary N) is 2. The van der Waals surface area contributed by atoms with Gasteiger partial charge in [0.1, 0.15) is 5.82 Å². The van der Waals surface area contributed by atoms with Gasteiger partial charge in [-0.2, -0.15) is 5.10 Å². The minimum absolute atomic E-state index is 0.0957. The highest BCUT2D eigenvalue weighted by molar-refractivity contribution is 9.10. The molecule has 0 aliphatic heterocycles. The van der Waals surface area contributed by atoms with Gasteiger partial charge in [0.2, 0.25) is 5.91 Å². The summed E-state index contributed by atoms with van der Waals surface area (Å²) < 4.78 is 1.00. The number of aromatic nitrogens is 3. The molecule has 0 saturated heterocycles. The van der Waals surface area contributed by atoms with Crippen molar-refractivity contribution in [2.45, 2.75) is 25.9 Å². The number of rotatable bonds is 5. The number of carbonyl (C=O) groups is 1. The highest BCUT2D eigenvalue weighted by Gasteiger charge is 2.08. The first-order valence-corrected chi connectivity index (χ1v) is 7.03. The van der Waals surface area contributed by atoms with Crippen molar-refractivity contribution < 1.29 is 4.79 Å². The molecule has 0 fully saturated rings. The lowest BCUT2D eigenvalue weighted by atomic mass is 10.2. The van der Waals surface area contributed by atoms with Crippen LogP contribution in [-0.2, 0) is 11.3 Å². The van der Waals surface area contributed by atoms with Gasteiger partial charge in [0, 0.05) is 22.5 Å². The average molecular weight is 338 g/mol. The first-order chi connectivity index (χ1) is 9.54. The van der Waals surface area contributed by atoms with Gasteiger partial charge in [-0.25, -0.2) is 4.98 Å². The summed E-state index contributed by atoms with van der Waals surface area (Å²) in [5.41, 5.74) is 6.47. The third kappa shape index (κ3) is 4.14. The van der Waals surface area contributed by atoms with E-state index in [1.165, 1.54) is 0 Å². The lowest BCUT2D eigenvalue weighted by Crippen LogP contribution is -2.29. The number of amides is 1. The predicted octanol–water partition coefficient (Wildman–Crippen LogP) is 1.59. The molecule has 0 bridgehead atoms. The lowest BCUT2D eigenvalue weighted by Gasteiger charge is -2.04. The fraction of sp³-hybridized carbons (Fsp3) is 0.308. The van der Waals surface area contributed by atoms with Crippen LogP contribution in [0.2, 0.25) is 0 Å². The van der Waals surface area contributed by atoms with E-state index in [1.807, 2.05) is 24.3 Å². The van der Waals surface area contributed by atoms with Crippen molar-refractivity contribution in [1.82, 2.24) is 20.5 Å². The summed E-state index contributed by atoms with van der Waals surface area (Å²) in [7, 11) is 0. The van der Waals surface area contributed by atoms with Crippen LogP contribution in [0.4, 0.5) is 0 Å². The van der Waals surface area contributed by atoms with Crippen LogP contribution in [0.15, 0.2) is 28.7 Å². The Hall–Kier alpha value is -1.73. The van der Waals surface area contributed by atoms with Crippen LogP contribution in [-0.4, -0.2) is 27.1 Å². The maximum absolute atomic E-state index is 11.5. The van der Waals surface area contributed by atoms with Crippen LogP contribution in [0.25, 0.3) is 11.4 Å². The first-order valence-electron chi connectivity index (χ1n) is 6.24. The van der Waals surface area contributed by atoms with Crippen molar-refractivity contribution in [3.05, 3.63) is 34.6 Å². The van der Waals surface area contributed by atoms with Crippen LogP contribution >= 0.6 is 15.9 Å². The number of nitrogens with two attached hydrogens (primary N) is 1. The Labute approximate surface area is 125 Å². The van der Waals surface area contributed by atoms with Gasteiger partial charge in [-0.1, -0.05) is 28.1 Å². The fourth-order valence-electron chi connectivity index (χ4n) is 1.65. The zero-order chi connectivity index (χ0) is 14.5. The topological polar surface area (TPSA) is 96.7 Å². The number of nitrogens with zero attached hydrogens (tertiary/aromatic N) is 2. The predicted molar refractivity (Wildman–Crippen MR) is 79.6 cm³/mol. The smallest absolute Gasteiger partial charge is 0.221 e. The number of aromatic amines is 1. The molecule has 1 unspecified atom stereocenters. The van der Waals surface area contributed by atoms with Gasteiger partial charge in [-0.3, -0.25) is 9.89 Å². The van der Waals surface area contributed by atoms with E-state index in [0.29, 0.717) is 24.6 Å². The molecule has 7 heteroatoms. The molecule has 1 aromatic carbocycles. The molecule has 4 N–H and O–H groups in total. The molecule has 20 heavy (non-hydrogen) atoms. The molecule has 1 heterocycles. The van der Waals surface area contributed by atoms with Crippen molar-refractivity contribution in [3.63, 3.8) is 0 Å². The van der Waals surface area contributed by atoms with Crippen molar-refractivity contribution in [3.8, 4) is 11.4 Å². The van der Waals surface area contributed by atoms with Crippen molar-refractivity contribution in [2.75, 3.05) is 0 Å². The lowest BCUT2D eigenvalue weighted by molar-refractivity contribution is -0.121. The molecule has 0 aliphatic rings. The van der Waals surface area contributed by atoms with Gasteiger partial charge < -0.3 is 11.1 Å². The molecule has 1 atom stereocenters. The molecule has 2 rings (SSSR count). The number of hydrogen-bond donors (Lipinski definition) is 3. The fourth-order valence-corrected chi connectivity index (χ4v) is 1.91. The van der Waals surface area contributed by atoms with Crippen LogP contribution < -0.4 is 11.1 Å². The molecular formula is C13H16BrN5O. The van der Waals surface area contributed by atoms with E-state index >= 15 is 0 Å². The SMILES string of the molecule is CC(N)CC(=O)NCc1nc(-c2ccc(Br)cc2)n[nH]1. The second-order valence-electron chi connectivity index (χ2n) is 4.57. The number of halogens is 1. The second-order valence-corrected chi connectivity index (χ2v) is 5.49. The summed E-state index contributed by atoms with van der Waals surface area (Å²) >= 11 is 3.38. The molecule has 0 radical (unpaired) electrons. The van der Waals surface area contributed by atoms with Crippen molar-refractivity contribution in [1.29, 1.82) is 0 Å². The maximum Gasteiger partial charge on any atom is 0.221 e. The van der Waals surface area contributed by atoms with E-state index in [1.54, 1.807) is 6.92 Å². The molecule has 0 saturated carbocycles. The normalized spacial score (nSPS) is 12.2. The molecule has 0 aliphatic carbocycles. The summed E-state index contributed by atoms with van der Waals surface area (Å²) in [6.07, 6.45) is 0.299. The molecule has 0 spiro atoms. The Morgan fingerprint density at radius 2 is 2.15 bits per heavy atom. The Bertz CT molecular complexity index is 579. The quantitative estimate of drug-likeness (QED) is 0.771. The molecule has 2 aromatic rings. The number of carbonyl (C=O) groups excluding carboxylic acids is 1. The molecule has 6 nitrogen and oxygen atoms in total. The van der Waals surface area contributed by atoms with Gasteiger partial charge in [-0.15, -0.1) is 0 Å². The van der Waals surface area contributed by atoms with Gasteiger partial charge in [0.05, 0.1) is 6.54 Å². The van der Waals surface area contributed by atoms with E-state index in [0.717, 1.165) is 10.0 Å². The summed E-state index contributed by atoms with van der Waals surface area (Å²) in [5.74, 6) is 1.12. The monoisotopic (exact) mass is 337 g/mol. The average Bonchev–Trinajstić information content (AvgIpc) is 2.85. The summed E-state index contributed by atoms with van der Waals surface area (Å²) in [4.78, 5) is 15.8. The van der Waals surface area contributed by atoms with Gasteiger partial charge in [0.25, 0.3) is 0 Å². The van der Waals surface area contributed by atoms with E-state index in [2.05, 4.69) is 36.4 Å². The van der Waals surface area contributed by atoms with Gasteiger partial charge in [0.15, 0.2) is 5.82 Å². The highest BCUT2D eigenvalue weighted by atomic mass is 79.9. The number of benzene rings is 1. The first kappa shape index (κ1) is 14.7. The highest BCUT2D eigenvalue weighted by Crippen LogP contribution is 2.18.